The Bertz CT molecular complexity index is 629. The van der Waals surface area contributed by atoms with Crippen molar-refractivity contribution >= 4 is 17.2 Å². The van der Waals surface area contributed by atoms with Crippen LogP contribution in [0.4, 0.5) is 0 Å². The van der Waals surface area contributed by atoms with Crippen LogP contribution in [0.1, 0.15) is 24.1 Å². The number of likely N-dealkylation sites (tertiary alicyclic amines) is 1. The Morgan fingerprint density at radius 1 is 1.42 bits per heavy atom. The summed E-state index contributed by atoms with van der Waals surface area (Å²) in [6.07, 6.45) is 5.60. The molecule has 3 heterocycles. The topological polar surface area (TPSA) is 36.4 Å². The van der Waals surface area contributed by atoms with Crippen LogP contribution >= 0.6 is 11.3 Å². The van der Waals surface area contributed by atoms with Gasteiger partial charge in [-0.25, -0.2) is 0 Å². The Morgan fingerprint density at radius 3 is 3.08 bits per heavy atom. The van der Waals surface area contributed by atoms with Gasteiger partial charge in [0, 0.05) is 44.0 Å². The predicted molar refractivity (Wildman–Crippen MR) is 98.2 cm³/mol. The first-order valence-corrected chi connectivity index (χ1v) is 9.55. The van der Waals surface area contributed by atoms with Gasteiger partial charge in [0.15, 0.2) is 0 Å². The molecule has 2 aromatic heterocycles. The van der Waals surface area contributed by atoms with Gasteiger partial charge < -0.3 is 9.80 Å². The number of carbonyl (C=O) groups excluding carboxylic acids is 1. The third kappa shape index (κ3) is 4.65. The Morgan fingerprint density at radius 2 is 2.33 bits per heavy atom. The van der Waals surface area contributed by atoms with E-state index in [1.54, 1.807) is 11.3 Å². The Kier molecular flexibility index (Phi) is 5.99. The highest BCUT2D eigenvalue weighted by Crippen LogP contribution is 2.17. The van der Waals surface area contributed by atoms with Gasteiger partial charge in [0.1, 0.15) is 0 Å². The molecule has 1 amide bonds. The van der Waals surface area contributed by atoms with Crippen LogP contribution in [0.2, 0.25) is 0 Å². The lowest BCUT2D eigenvalue weighted by molar-refractivity contribution is -0.132. The molecular weight excluding hydrogens is 318 g/mol. The van der Waals surface area contributed by atoms with Gasteiger partial charge in [0.05, 0.1) is 6.42 Å². The molecule has 1 saturated heterocycles. The smallest absolute Gasteiger partial charge is 0.227 e. The van der Waals surface area contributed by atoms with E-state index in [-0.39, 0.29) is 5.91 Å². The van der Waals surface area contributed by atoms with Crippen LogP contribution in [-0.2, 0) is 17.6 Å². The first-order valence-electron chi connectivity index (χ1n) is 8.61. The number of aromatic nitrogens is 1. The zero-order valence-corrected chi connectivity index (χ0v) is 15.0. The van der Waals surface area contributed by atoms with Gasteiger partial charge in [-0.15, -0.1) is 0 Å². The van der Waals surface area contributed by atoms with Crippen molar-refractivity contribution in [3.63, 3.8) is 0 Å². The molecule has 0 saturated carbocycles. The van der Waals surface area contributed by atoms with E-state index in [1.165, 1.54) is 6.42 Å². The van der Waals surface area contributed by atoms with E-state index in [1.807, 2.05) is 34.7 Å². The summed E-state index contributed by atoms with van der Waals surface area (Å²) in [6.45, 7) is 2.73. The lowest BCUT2D eigenvalue weighted by Gasteiger charge is -2.37. The number of nitrogens with zero attached hydrogens (tertiary/aromatic N) is 3. The van der Waals surface area contributed by atoms with E-state index in [0.29, 0.717) is 12.5 Å². The van der Waals surface area contributed by atoms with Gasteiger partial charge in [0.2, 0.25) is 5.91 Å². The van der Waals surface area contributed by atoms with Gasteiger partial charge in [-0.05, 0) is 54.4 Å². The van der Waals surface area contributed by atoms with Crippen molar-refractivity contribution in [2.45, 2.75) is 31.7 Å². The molecule has 128 valence electrons. The van der Waals surface area contributed by atoms with Crippen LogP contribution in [0, 0.1) is 0 Å². The van der Waals surface area contributed by atoms with Crippen molar-refractivity contribution in [2.75, 3.05) is 26.7 Å². The second-order valence-corrected chi connectivity index (χ2v) is 7.28. The molecule has 0 aromatic carbocycles. The number of rotatable bonds is 6. The molecule has 1 aliphatic heterocycles. The number of piperidine rings is 1. The van der Waals surface area contributed by atoms with Gasteiger partial charge in [0.25, 0.3) is 0 Å². The fourth-order valence-electron chi connectivity index (χ4n) is 3.24. The number of amides is 1. The van der Waals surface area contributed by atoms with E-state index in [4.69, 9.17) is 0 Å². The molecule has 1 aliphatic rings. The Hall–Kier alpha value is -1.72. The van der Waals surface area contributed by atoms with Crippen LogP contribution in [0.3, 0.4) is 0 Å². The summed E-state index contributed by atoms with van der Waals surface area (Å²) in [6, 6.07) is 8.56. The summed E-state index contributed by atoms with van der Waals surface area (Å²) < 4.78 is 0. The monoisotopic (exact) mass is 343 g/mol. The standard InChI is InChI=1S/C19H25N3OS/c1-21(11-7-17-5-2-3-9-20-17)18-6-4-10-22(14-18)19(23)13-16-8-12-24-15-16/h2-3,5,8-9,12,15,18H,4,6-7,10-11,13-14H2,1H3/t18-/m1/s1. The normalized spacial score (nSPS) is 18.1. The van der Waals surface area contributed by atoms with Gasteiger partial charge in [-0.2, -0.15) is 11.3 Å². The van der Waals surface area contributed by atoms with Crippen LogP contribution in [0.5, 0.6) is 0 Å². The molecule has 0 spiro atoms. The van der Waals surface area contributed by atoms with Crippen molar-refractivity contribution in [3.05, 3.63) is 52.5 Å². The molecule has 0 bridgehead atoms. The highest BCUT2D eigenvalue weighted by molar-refractivity contribution is 7.07. The molecule has 3 rings (SSSR count). The number of pyridine rings is 1. The highest BCUT2D eigenvalue weighted by Gasteiger charge is 2.26. The third-order valence-electron chi connectivity index (χ3n) is 4.75. The van der Waals surface area contributed by atoms with Crippen molar-refractivity contribution in [1.29, 1.82) is 0 Å². The Balaban J connectivity index is 1.50. The maximum Gasteiger partial charge on any atom is 0.227 e. The van der Waals surface area contributed by atoms with E-state index in [9.17, 15) is 4.79 Å². The third-order valence-corrected chi connectivity index (χ3v) is 5.49. The SMILES string of the molecule is CN(CCc1ccccn1)[C@@H]1CCCN(C(=O)Cc2ccsc2)C1. The first-order chi connectivity index (χ1) is 11.7. The zero-order valence-electron chi connectivity index (χ0n) is 14.2. The maximum absolute atomic E-state index is 12.5. The number of thiophene rings is 1. The second kappa shape index (κ2) is 8.40. The van der Waals surface area contributed by atoms with Crippen molar-refractivity contribution in [3.8, 4) is 0 Å². The molecule has 0 aliphatic carbocycles. The van der Waals surface area contributed by atoms with Gasteiger partial charge in [-0.3, -0.25) is 9.78 Å². The molecule has 0 N–H and O–H groups in total. The minimum atomic E-state index is 0.260. The lowest BCUT2D eigenvalue weighted by Crippen LogP contribution is -2.49. The number of carbonyl (C=O) groups is 1. The fourth-order valence-corrected chi connectivity index (χ4v) is 3.91. The van der Waals surface area contributed by atoms with Crippen LogP contribution < -0.4 is 0 Å². The molecular formula is C19H25N3OS. The fraction of sp³-hybridized carbons (Fsp3) is 0.474. The zero-order chi connectivity index (χ0) is 16.8. The van der Waals surface area contributed by atoms with Gasteiger partial charge >= 0.3 is 0 Å². The molecule has 2 aromatic rings. The highest BCUT2D eigenvalue weighted by atomic mass is 32.1. The maximum atomic E-state index is 12.5. The van der Waals surface area contributed by atoms with E-state index in [2.05, 4.69) is 28.4 Å². The minimum absolute atomic E-state index is 0.260. The summed E-state index contributed by atoms with van der Waals surface area (Å²) in [5.74, 6) is 0.260. The van der Waals surface area contributed by atoms with Crippen LogP contribution in [-0.4, -0.2) is 53.4 Å². The summed E-state index contributed by atoms with van der Waals surface area (Å²) in [7, 11) is 2.17. The van der Waals surface area contributed by atoms with Crippen LogP contribution in [0.25, 0.3) is 0 Å². The van der Waals surface area contributed by atoms with E-state index < -0.39 is 0 Å². The van der Waals surface area contributed by atoms with Crippen molar-refractivity contribution < 1.29 is 4.79 Å². The first kappa shape index (κ1) is 17.1. The predicted octanol–water partition coefficient (Wildman–Crippen LogP) is 2.85. The average molecular weight is 343 g/mol. The quantitative estimate of drug-likeness (QED) is 0.809. The van der Waals surface area contributed by atoms with Crippen molar-refractivity contribution in [2.24, 2.45) is 0 Å². The molecule has 1 fully saturated rings. The summed E-state index contributed by atoms with van der Waals surface area (Å²) in [4.78, 5) is 21.3. The molecule has 0 radical (unpaired) electrons. The number of hydrogen-bond acceptors (Lipinski definition) is 4. The Labute approximate surface area is 148 Å². The minimum Gasteiger partial charge on any atom is -0.341 e. The number of hydrogen-bond donors (Lipinski definition) is 0. The van der Waals surface area contributed by atoms with Gasteiger partial charge in [-0.1, -0.05) is 6.07 Å². The molecule has 0 unspecified atom stereocenters. The molecule has 24 heavy (non-hydrogen) atoms. The van der Waals surface area contributed by atoms with Crippen molar-refractivity contribution in [1.82, 2.24) is 14.8 Å². The summed E-state index contributed by atoms with van der Waals surface area (Å²) in [5, 5.41) is 4.10. The van der Waals surface area contributed by atoms with E-state index in [0.717, 1.165) is 43.7 Å². The molecule has 4 nitrogen and oxygen atoms in total. The molecule has 1 atom stereocenters. The lowest BCUT2D eigenvalue weighted by atomic mass is 10.0. The molecule has 5 heteroatoms. The summed E-state index contributed by atoms with van der Waals surface area (Å²) in [5.41, 5.74) is 2.26. The second-order valence-electron chi connectivity index (χ2n) is 6.50. The number of likely N-dealkylation sites (N-methyl/N-ethyl adjacent to an activating group) is 1. The van der Waals surface area contributed by atoms with Crippen LogP contribution in [0.15, 0.2) is 41.2 Å². The van der Waals surface area contributed by atoms with E-state index >= 15 is 0 Å². The average Bonchev–Trinajstić information content (AvgIpc) is 3.13. The largest absolute Gasteiger partial charge is 0.341 e. The summed E-state index contributed by atoms with van der Waals surface area (Å²) >= 11 is 1.65.